The fraction of sp³-hybridized carbons (Fsp3) is 0.714. The van der Waals surface area contributed by atoms with Crippen molar-refractivity contribution in [1.29, 1.82) is 0 Å². The van der Waals surface area contributed by atoms with Gasteiger partial charge in [-0.25, -0.2) is 9.97 Å². The third kappa shape index (κ3) is 3.30. The number of hydrogen-bond donors (Lipinski definition) is 1. The number of alkyl halides is 3. The van der Waals surface area contributed by atoms with Crippen molar-refractivity contribution in [2.24, 2.45) is 5.41 Å². The highest BCUT2D eigenvalue weighted by molar-refractivity contribution is 5.85. The average molecular weight is 337 g/mol. The van der Waals surface area contributed by atoms with Gasteiger partial charge in [0.05, 0.1) is 11.9 Å². The second-order valence-electron chi connectivity index (χ2n) is 6.08. The van der Waals surface area contributed by atoms with Crippen LogP contribution in [0.5, 0.6) is 0 Å². The molecule has 1 aromatic heterocycles. The van der Waals surface area contributed by atoms with Crippen LogP contribution in [-0.4, -0.2) is 36.1 Å². The van der Waals surface area contributed by atoms with Crippen LogP contribution in [0.1, 0.15) is 30.7 Å². The van der Waals surface area contributed by atoms with Gasteiger partial charge in [-0.15, -0.1) is 12.4 Å². The molecule has 3 rings (SSSR count). The predicted octanol–water partition coefficient (Wildman–Crippen LogP) is 2.81. The van der Waals surface area contributed by atoms with E-state index in [2.05, 4.69) is 20.2 Å². The number of halogens is 4. The standard InChI is InChI=1S/C14H19F3N4.ClH/c1-10-12(19-8-11(20-10)14(15,16)17)21-7-4-13(9-21)2-5-18-6-3-13;/h8,18H,2-7,9H2,1H3;1H. The minimum atomic E-state index is -4.43. The Morgan fingerprint density at radius 2 is 1.91 bits per heavy atom. The molecule has 22 heavy (non-hydrogen) atoms. The lowest BCUT2D eigenvalue weighted by atomic mass is 9.78. The molecule has 0 amide bonds. The largest absolute Gasteiger partial charge is 0.434 e. The summed E-state index contributed by atoms with van der Waals surface area (Å²) >= 11 is 0. The molecule has 0 aromatic carbocycles. The summed E-state index contributed by atoms with van der Waals surface area (Å²) in [7, 11) is 0. The average Bonchev–Trinajstić information content (AvgIpc) is 2.82. The molecule has 8 heteroatoms. The SMILES string of the molecule is Cc1nc(C(F)(F)F)cnc1N1CCC2(CCNCC2)C1.Cl. The lowest BCUT2D eigenvalue weighted by molar-refractivity contribution is -0.141. The zero-order valence-electron chi connectivity index (χ0n) is 12.4. The number of aryl methyl sites for hydroxylation is 1. The summed E-state index contributed by atoms with van der Waals surface area (Å²) in [6, 6.07) is 0. The molecule has 2 aliphatic rings. The van der Waals surface area contributed by atoms with Crippen molar-refractivity contribution in [3.8, 4) is 0 Å². The smallest absolute Gasteiger partial charge is 0.355 e. The fourth-order valence-corrected chi connectivity index (χ4v) is 3.40. The minimum Gasteiger partial charge on any atom is -0.355 e. The first-order chi connectivity index (χ1) is 9.90. The third-order valence-corrected chi connectivity index (χ3v) is 4.61. The van der Waals surface area contributed by atoms with E-state index in [0.29, 0.717) is 16.9 Å². The highest BCUT2D eigenvalue weighted by Gasteiger charge is 2.40. The summed E-state index contributed by atoms with van der Waals surface area (Å²) in [5.74, 6) is 0.596. The van der Waals surface area contributed by atoms with Gasteiger partial charge in [0.25, 0.3) is 0 Å². The topological polar surface area (TPSA) is 41.1 Å². The van der Waals surface area contributed by atoms with Crippen LogP contribution in [0.15, 0.2) is 6.20 Å². The summed E-state index contributed by atoms with van der Waals surface area (Å²) < 4.78 is 37.9. The first kappa shape index (κ1) is 17.3. The third-order valence-electron chi connectivity index (χ3n) is 4.61. The quantitative estimate of drug-likeness (QED) is 0.856. The van der Waals surface area contributed by atoms with Gasteiger partial charge in [-0.05, 0) is 44.7 Å². The van der Waals surface area contributed by atoms with Crippen LogP contribution in [0.3, 0.4) is 0 Å². The number of aromatic nitrogens is 2. The van der Waals surface area contributed by atoms with Gasteiger partial charge < -0.3 is 10.2 Å². The molecule has 0 bridgehead atoms. The number of nitrogens with zero attached hydrogens (tertiary/aromatic N) is 3. The molecule has 4 nitrogen and oxygen atoms in total. The molecule has 2 saturated heterocycles. The van der Waals surface area contributed by atoms with E-state index in [0.717, 1.165) is 51.6 Å². The summed E-state index contributed by atoms with van der Waals surface area (Å²) in [4.78, 5) is 9.80. The van der Waals surface area contributed by atoms with E-state index < -0.39 is 11.9 Å². The van der Waals surface area contributed by atoms with Crippen molar-refractivity contribution in [2.45, 2.75) is 32.4 Å². The molecule has 0 unspecified atom stereocenters. The summed E-state index contributed by atoms with van der Waals surface area (Å²) in [6.07, 6.45) is -0.267. The van der Waals surface area contributed by atoms with E-state index in [1.54, 1.807) is 6.92 Å². The summed E-state index contributed by atoms with van der Waals surface area (Å²) in [5.41, 5.74) is -0.266. The molecule has 1 N–H and O–H groups in total. The van der Waals surface area contributed by atoms with Crippen molar-refractivity contribution in [1.82, 2.24) is 15.3 Å². The normalized spacial score (nSPS) is 21.0. The van der Waals surface area contributed by atoms with E-state index in [4.69, 9.17) is 0 Å². The molecule has 0 saturated carbocycles. The number of piperidine rings is 1. The Morgan fingerprint density at radius 3 is 2.50 bits per heavy atom. The molecule has 0 radical (unpaired) electrons. The number of hydrogen-bond acceptors (Lipinski definition) is 4. The van der Waals surface area contributed by atoms with Crippen LogP contribution in [0.25, 0.3) is 0 Å². The highest BCUT2D eigenvalue weighted by Crippen LogP contribution is 2.40. The number of anilines is 1. The Bertz CT molecular complexity index is 529. The lowest BCUT2D eigenvalue weighted by Gasteiger charge is -2.34. The van der Waals surface area contributed by atoms with Gasteiger partial charge in [0.1, 0.15) is 5.82 Å². The van der Waals surface area contributed by atoms with E-state index in [1.165, 1.54) is 0 Å². The van der Waals surface area contributed by atoms with Crippen LogP contribution in [0.2, 0.25) is 0 Å². The summed E-state index contributed by atoms with van der Waals surface area (Å²) in [6.45, 7) is 5.36. The van der Waals surface area contributed by atoms with Crippen LogP contribution >= 0.6 is 12.4 Å². The Morgan fingerprint density at radius 1 is 1.23 bits per heavy atom. The molecule has 1 spiro atoms. The second-order valence-corrected chi connectivity index (χ2v) is 6.08. The zero-order valence-corrected chi connectivity index (χ0v) is 13.2. The Kier molecular flexibility index (Phi) is 4.87. The molecule has 0 atom stereocenters. The van der Waals surface area contributed by atoms with Gasteiger partial charge >= 0.3 is 6.18 Å². The molecule has 3 heterocycles. The molecular weight excluding hydrogens is 317 g/mol. The van der Waals surface area contributed by atoms with E-state index in [1.807, 2.05) is 0 Å². The van der Waals surface area contributed by atoms with Crippen LogP contribution in [-0.2, 0) is 6.18 Å². The van der Waals surface area contributed by atoms with Crippen molar-refractivity contribution < 1.29 is 13.2 Å². The van der Waals surface area contributed by atoms with Crippen LogP contribution < -0.4 is 10.2 Å². The first-order valence-electron chi connectivity index (χ1n) is 7.26. The molecule has 2 fully saturated rings. The van der Waals surface area contributed by atoms with Gasteiger partial charge in [0.2, 0.25) is 0 Å². The summed E-state index contributed by atoms with van der Waals surface area (Å²) in [5, 5.41) is 3.35. The lowest BCUT2D eigenvalue weighted by Crippen LogP contribution is -2.38. The van der Waals surface area contributed by atoms with E-state index in [9.17, 15) is 13.2 Å². The Labute approximate surface area is 133 Å². The second kappa shape index (κ2) is 6.20. The van der Waals surface area contributed by atoms with Gasteiger partial charge in [0.15, 0.2) is 5.69 Å². The van der Waals surface area contributed by atoms with Gasteiger partial charge in [-0.3, -0.25) is 0 Å². The van der Waals surface area contributed by atoms with E-state index >= 15 is 0 Å². The highest BCUT2D eigenvalue weighted by atomic mass is 35.5. The number of rotatable bonds is 1. The predicted molar refractivity (Wildman–Crippen MR) is 80.4 cm³/mol. The molecule has 1 aromatic rings. The fourth-order valence-electron chi connectivity index (χ4n) is 3.40. The van der Waals surface area contributed by atoms with Gasteiger partial charge in [-0.2, -0.15) is 13.2 Å². The maximum atomic E-state index is 12.6. The number of nitrogens with one attached hydrogen (secondary N) is 1. The van der Waals surface area contributed by atoms with Crippen molar-refractivity contribution in [3.63, 3.8) is 0 Å². The Hall–Kier alpha value is -1.08. The van der Waals surface area contributed by atoms with Gasteiger partial charge in [-0.1, -0.05) is 0 Å². The monoisotopic (exact) mass is 336 g/mol. The minimum absolute atomic E-state index is 0. The molecular formula is C14H20ClF3N4. The first-order valence-corrected chi connectivity index (χ1v) is 7.26. The van der Waals surface area contributed by atoms with Crippen LogP contribution in [0, 0.1) is 12.3 Å². The maximum absolute atomic E-state index is 12.6. The van der Waals surface area contributed by atoms with Gasteiger partial charge in [0, 0.05) is 13.1 Å². The van der Waals surface area contributed by atoms with E-state index in [-0.39, 0.29) is 12.4 Å². The van der Waals surface area contributed by atoms with Crippen molar-refractivity contribution >= 4 is 18.2 Å². The molecule has 0 aliphatic carbocycles. The Balaban J connectivity index is 0.00000176. The molecule has 2 aliphatic heterocycles. The zero-order chi connectivity index (χ0) is 15.1. The van der Waals surface area contributed by atoms with Crippen molar-refractivity contribution in [2.75, 3.05) is 31.1 Å². The maximum Gasteiger partial charge on any atom is 0.434 e. The van der Waals surface area contributed by atoms with Crippen molar-refractivity contribution in [3.05, 3.63) is 17.6 Å². The molecule has 124 valence electrons. The van der Waals surface area contributed by atoms with Crippen LogP contribution in [0.4, 0.5) is 19.0 Å².